The van der Waals surface area contributed by atoms with Gasteiger partial charge in [0.15, 0.2) is 0 Å². The third-order valence-corrected chi connectivity index (χ3v) is 4.31. The number of anilines is 1. The summed E-state index contributed by atoms with van der Waals surface area (Å²) in [6.45, 7) is 2.08. The number of nitrogens with zero attached hydrogens (tertiary/aromatic N) is 2. The second kappa shape index (κ2) is 4.50. The van der Waals surface area contributed by atoms with Gasteiger partial charge in [0, 0.05) is 11.6 Å². The Labute approximate surface area is 128 Å². The lowest BCUT2D eigenvalue weighted by molar-refractivity contribution is 0.896. The fraction of sp³-hybridized carbons (Fsp3) is 0.235. The van der Waals surface area contributed by atoms with Gasteiger partial charge in [-0.3, -0.25) is 4.57 Å². The third-order valence-electron chi connectivity index (χ3n) is 3.99. The van der Waals surface area contributed by atoms with E-state index in [0.717, 1.165) is 33.3 Å². The van der Waals surface area contributed by atoms with Gasteiger partial charge in [0.2, 0.25) is 0 Å². The van der Waals surface area contributed by atoms with E-state index in [9.17, 15) is 0 Å². The number of halogens is 1. The molecule has 0 spiro atoms. The quantitative estimate of drug-likeness (QED) is 0.710. The largest absolute Gasteiger partial charge is 0.399 e. The molecule has 4 heteroatoms. The first-order valence-corrected chi connectivity index (χ1v) is 7.55. The van der Waals surface area contributed by atoms with E-state index in [1.165, 1.54) is 18.4 Å². The second-order valence-electron chi connectivity index (χ2n) is 5.78. The zero-order valence-corrected chi connectivity index (χ0v) is 12.6. The molecule has 21 heavy (non-hydrogen) atoms. The van der Waals surface area contributed by atoms with E-state index in [4.69, 9.17) is 22.3 Å². The van der Waals surface area contributed by atoms with Gasteiger partial charge in [-0.1, -0.05) is 17.7 Å². The smallest absolute Gasteiger partial charge is 0.117 e. The average Bonchev–Trinajstić information content (AvgIpc) is 3.23. The minimum atomic E-state index is 0.537. The number of nitrogen functional groups attached to an aromatic ring is 1. The Bertz CT molecular complexity index is 847. The molecule has 3 aromatic rings. The van der Waals surface area contributed by atoms with Crippen LogP contribution in [-0.4, -0.2) is 9.55 Å². The van der Waals surface area contributed by atoms with Crippen molar-refractivity contribution in [3.8, 4) is 5.69 Å². The number of fused-ring (bicyclic) bond motifs is 1. The molecule has 1 saturated carbocycles. The molecule has 1 fully saturated rings. The van der Waals surface area contributed by atoms with Gasteiger partial charge in [-0.05, 0) is 55.7 Å². The van der Waals surface area contributed by atoms with Crippen LogP contribution in [0, 0.1) is 6.92 Å². The van der Waals surface area contributed by atoms with Crippen LogP contribution >= 0.6 is 11.6 Å². The molecule has 106 valence electrons. The topological polar surface area (TPSA) is 43.8 Å². The van der Waals surface area contributed by atoms with E-state index in [2.05, 4.69) is 17.6 Å². The number of aromatic nitrogens is 2. The zero-order valence-electron chi connectivity index (χ0n) is 11.8. The highest BCUT2D eigenvalue weighted by Gasteiger charge is 2.30. The van der Waals surface area contributed by atoms with Crippen molar-refractivity contribution in [1.29, 1.82) is 0 Å². The Kier molecular flexibility index (Phi) is 2.73. The molecule has 2 N–H and O–H groups in total. The average molecular weight is 298 g/mol. The van der Waals surface area contributed by atoms with Crippen molar-refractivity contribution in [3.63, 3.8) is 0 Å². The van der Waals surface area contributed by atoms with E-state index >= 15 is 0 Å². The number of rotatable bonds is 2. The molecule has 1 aromatic heterocycles. The molecular formula is C17H16ClN3. The summed E-state index contributed by atoms with van der Waals surface area (Å²) in [5.41, 5.74) is 10.8. The van der Waals surface area contributed by atoms with Gasteiger partial charge in [0.05, 0.1) is 21.7 Å². The molecule has 0 radical (unpaired) electrons. The predicted molar refractivity (Wildman–Crippen MR) is 87.2 cm³/mol. The van der Waals surface area contributed by atoms with E-state index < -0.39 is 0 Å². The lowest BCUT2D eigenvalue weighted by atomic mass is 10.2. The SMILES string of the molecule is Cc1ccc(Cl)c(-n2c(C3CC3)nc3cc(N)ccc32)c1. The van der Waals surface area contributed by atoms with E-state index in [-0.39, 0.29) is 0 Å². The van der Waals surface area contributed by atoms with Crippen molar-refractivity contribution in [2.75, 3.05) is 5.73 Å². The van der Waals surface area contributed by atoms with Crippen LogP contribution in [0.15, 0.2) is 36.4 Å². The van der Waals surface area contributed by atoms with Crippen LogP contribution in [0.2, 0.25) is 5.02 Å². The molecule has 0 saturated heterocycles. The van der Waals surface area contributed by atoms with Gasteiger partial charge in [0.1, 0.15) is 5.82 Å². The molecule has 1 aliphatic carbocycles. The molecule has 0 amide bonds. The maximum absolute atomic E-state index is 6.44. The minimum absolute atomic E-state index is 0.537. The Morgan fingerprint density at radius 3 is 2.76 bits per heavy atom. The number of imidazole rings is 1. The number of hydrogen-bond donors (Lipinski definition) is 1. The summed E-state index contributed by atoms with van der Waals surface area (Å²) < 4.78 is 2.20. The summed E-state index contributed by atoms with van der Waals surface area (Å²) >= 11 is 6.44. The Morgan fingerprint density at radius 1 is 1.19 bits per heavy atom. The van der Waals surface area contributed by atoms with Crippen molar-refractivity contribution >= 4 is 28.3 Å². The van der Waals surface area contributed by atoms with E-state index in [1.54, 1.807) is 0 Å². The summed E-state index contributed by atoms with van der Waals surface area (Å²) in [5, 5.41) is 0.749. The van der Waals surface area contributed by atoms with Crippen LogP contribution in [0.3, 0.4) is 0 Å². The van der Waals surface area contributed by atoms with Gasteiger partial charge in [-0.15, -0.1) is 0 Å². The maximum atomic E-state index is 6.44. The molecule has 2 aromatic carbocycles. The number of benzene rings is 2. The Hall–Kier alpha value is -2.00. The molecule has 0 aliphatic heterocycles. The first kappa shape index (κ1) is 12.7. The highest BCUT2D eigenvalue weighted by molar-refractivity contribution is 6.32. The van der Waals surface area contributed by atoms with Crippen LogP contribution in [0.25, 0.3) is 16.7 Å². The van der Waals surface area contributed by atoms with Crippen molar-refractivity contribution < 1.29 is 0 Å². The first-order valence-electron chi connectivity index (χ1n) is 7.18. The summed E-state index contributed by atoms with van der Waals surface area (Å²) in [4.78, 5) is 4.81. The van der Waals surface area contributed by atoms with Crippen LogP contribution in [0.4, 0.5) is 5.69 Å². The van der Waals surface area contributed by atoms with Crippen LogP contribution in [-0.2, 0) is 0 Å². The van der Waals surface area contributed by atoms with Gasteiger partial charge >= 0.3 is 0 Å². The molecule has 0 unspecified atom stereocenters. The second-order valence-corrected chi connectivity index (χ2v) is 6.19. The van der Waals surface area contributed by atoms with Gasteiger partial charge in [-0.2, -0.15) is 0 Å². The Morgan fingerprint density at radius 2 is 2.00 bits per heavy atom. The van der Waals surface area contributed by atoms with Gasteiger partial charge < -0.3 is 5.73 Å². The fourth-order valence-corrected chi connectivity index (χ4v) is 2.98. The summed E-state index contributed by atoms with van der Waals surface area (Å²) in [6, 6.07) is 12.0. The number of nitrogens with two attached hydrogens (primary N) is 1. The molecule has 0 bridgehead atoms. The molecule has 0 atom stereocenters. The third kappa shape index (κ3) is 2.09. The summed E-state index contributed by atoms with van der Waals surface area (Å²) in [6.07, 6.45) is 2.39. The van der Waals surface area contributed by atoms with E-state index in [0.29, 0.717) is 5.92 Å². The molecule has 1 aliphatic rings. The summed E-state index contributed by atoms with van der Waals surface area (Å²) in [7, 11) is 0. The highest BCUT2D eigenvalue weighted by Crippen LogP contribution is 2.42. The first-order chi connectivity index (χ1) is 10.1. The zero-order chi connectivity index (χ0) is 14.6. The van der Waals surface area contributed by atoms with Crippen molar-refractivity contribution in [3.05, 3.63) is 52.8 Å². The van der Waals surface area contributed by atoms with Crippen molar-refractivity contribution in [2.45, 2.75) is 25.7 Å². The number of aryl methyl sites for hydroxylation is 1. The maximum Gasteiger partial charge on any atom is 0.117 e. The molecule has 3 nitrogen and oxygen atoms in total. The summed E-state index contributed by atoms with van der Waals surface area (Å²) in [5.74, 6) is 1.64. The van der Waals surface area contributed by atoms with Gasteiger partial charge in [0.25, 0.3) is 0 Å². The van der Waals surface area contributed by atoms with Crippen LogP contribution in [0.1, 0.15) is 30.1 Å². The number of hydrogen-bond acceptors (Lipinski definition) is 2. The standard InChI is InChI=1S/C17H16ClN3/c1-10-2-6-13(18)16(8-10)21-15-7-5-12(19)9-14(15)20-17(21)11-3-4-11/h2,5-9,11H,3-4,19H2,1H3. The molecule has 1 heterocycles. The van der Waals surface area contributed by atoms with Crippen LogP contribution in [0.5, 0.6) is 0 Å². The minimum Gasteiger partial charge on any atom is -0.399 e. The normalized spacial score (nSPS) is 14.8. The van der Waals surface area contributed by atoms with Gasteiger partial charge in [-0.25, -0.2) is 4.98 Å². The molecular weight excluding hydrogens is 282 g/mol. The molecule has 4 rings (SSSR count). The predicted octanol–water partition coefficient (Wildman–Crippen LogP) is 4.45. The van der Waals surface area contributed by atoms with Crippen molar-refractivity contribution in [1.82, 2.24) is 9.55 Å². The van der Waals surface area contributed by atoms with Crippen molar-refractivity contribution in [2.24, 2.45) is 0 Å². The Balaban J connectivity index is 2.06. The fourth-order valence-electron chi connectivity index (χ4n) is 2.78. The van der Waals surface area contributed by atoms with E-state index in [1.807, 2.05) is 30.3 Å². The van der Waals surface area contributed by atoms with Crippen LogP contribution < -0.4 is 5.73 Å². The lowest BCUT2D eigenvalue weighted by Crippen LogP contribution is -2.01. The lowest BCUT2D eigenvalue weighted by Gasteiger charge is -2.11. The highest BCUT2D eigenvalue weighted by atomic mass is 35.5. The monoisotopic (exact) mass is 297 g/mol.